The van der Waals surface area contributed by atoms with Gasteiger partial charge in [0, 0.05) is 62.2 Å². The van der Waals surface area contributed by atoms with Gasteiger partial charge in [-0.1, -0.05) is 56.3 Å². The number of nitrogens with zero attached hydrogens (tertiary/aromatic N) is 4. The maximum Gasteiger partial charge on any atom is 0.326 e. The molecule has 422 valence electrons. The van der Waals surface area contributed by atoms with Crippen molar-refractivity contribution in [2.24, 2.45) is 28.1 Å². The Kier molecular flexibility index (Phi) is 20.8. The zero-order valence-electron chi connectivity index (χ0n) is 43.7. The van der Waals surface area contributed by atoms with Crippen molar-refractivity contribution in [3.8, 4) is 5.75 Å². The Morgan fingerprint density at radius 3 is 2.24 bits per heavy atom. The number of phenolic OH excluding ortho intramolecular Hbond substituents is 1. The number of aromatic nitrogens is 2. The Hall–Kier alpha value is -9.07. The monoisotopic (exact) mass is 1090 g/mol. The summed E-state index contributed by atoms with van der Waals surface area (Å²) >= 11 is 0. The lowest BCUT2D eigenvalue weighted by Gasteiger charge is -2.30. The Bertz CT molecular complexity index is 2850. The summed E-state index contributed by atoms with van der Waals surface area (Å²) in [5.41, 5.74) is 19.6. The van der Waals surface area contributed by atoms with Crippen molar-refractivity contribution in [3.63, 3.8) is 0 Å². The number of phenols is 1. The molecule has 6 rings (SSSR count). The fraction of sp³-hybridized carbons (Fsp3) is 0.415. The molecule has 0 radical (unpaired) electrons. The van der Waals surface area contributed by atoms with E-state index in [4.69, 9.17) is 22.3 Å². The molecule has 1 aromatic heterocycles. The van der Waals surface area contributed by atoms with E-state index < -0.39 is 114 Å². The molecule has 4 aromatic rings. The molecule has 79 heavy (non-hydrogen) atoms. The standard InChI is InChI=1S/C53H68N14O12/c1-29(2)45(65-47(73)38(10-6-18-58-53(55)56)63-46(72)36(54)24-44(70)71)49(75)60-33-14-17-37-32(22-33)26-66(50(76)39(61-37)20-31-12-15-35(68)16-13-31)27-43(69)62-40(23-34-25-57-28-59-34)51(77)67-19-7-11-42(67)48(74)64-41(52(78)79)21-30-8-4-3-5-9-30/h3-5,8-9,12-17,22,25,28-29,36,38-42,45,61,68H,6-7,10-11,18-21,23-24,26-27,54H2,1-2H3,(H,57,59)(H,60,75)(H,62,69)(H,63,72)(H,64,74)(H,65,73)(H,70,71)(H,78,79)(H4,55,56,58)/t36-,38-,39-,40-,41-,42-,45-/m0/s1. The number of aliphatic carboxylic acids is 2. The fourth-order valence-corrected chi connectivity index (χ4v) is 9.23. The van der Waals surface area contributed by atoms with Crippen LogP contribution in [-0.2, 0) is 69.0 Å². The maximum atomic E-state index is 14.6. The first kappa shape index (κ1) is 59.2. The first-order chi connectivity index (χ1) is 37.6. The number of nitrogens with one attached hydrogen (secondary N) is 7. The van der Waals surface area contributed by atoms with E-state index in [0.29, 0.717) is 34.5 Å². The number of carbonyl (C=O) groups is 9. The number of guanidine groups is 1. The molecule has 0 spiro atoms. The number of hydrogen-bond donors (Lipinski definition) is 13. The molecular formula is C53H68N14O12. The Morgan fingerprint density at radius 1 is 0.848 bits per heavy atom. The number of aliphatic imine (C=N–C) groups is 1. The molecule has 3 aromatic carbocycles. The number of benzene rings is 3. The van der Waals surface area contributed by atoms with Crippen molar-refractivity contribution < 1.29 is 58.5 Å². The van der Waals surface area contributed by atoms with E-state index >= 15 is 0 Å². The van der Waals surface area contributed by atoms with E-state index in [2.05, 4.69) is 46.9 Å². The number of amides is 7. The van der Waals surface area contributed by atoms with Gasteiger partial charge >= 0.3 is 11.9 Å². The highest BCUT2D eigenvalue weighted by Gasteiger charge is 2.40. The van der Waals surface area contributed by atoms with Gasteiger partial charge in [0.15, 0.2) is 5.96 Å². The van der Waals surface area contributed by atoms with Crippen LogP contribution in [0, 0.1) is 5.92 Å². The minimum Gasteiger partial charge on any atom is -0.508 e. The minimum absolute atomic E-state index is 0.00608. The van der Waals surface area contributed by atoms with Gasteiger partial charge in [-0.2, -0.15) is 0 Å². The number of rotatable bonds is 26. The fourth-order valence-electron chi connectivity index (χ4n) is 9.23. The van der Waals surface area contributed by atoms with Gasteiger partial charge in [0.2, 0.25) is 41.4 Å². The van der Waals surface area contributed by atoms with Crippen LogP contribution in [0.5, 0.6) is 5.75 Å². The van der Waals surface area contributed by atoms with E-state index in [1.807, 2.05) is 0 Å². The van der Waals surface area contributed by atoms with E-state index in [1.165, 1.54) is 34.5 Å². The summed E-state index contributed by atoms with van der Waals surface area (Å²) in [6.07, 6.45) is 3.07. The normalized spacial score (nSPS) is 16.8. The number of carbonyl (C=O) groups excluding carboxylic acids is 7. The molecular weight excluding hydrogens is 1020 g/mol. The lowest BCUT2D eigenvalue weighted by Crippen LogP contribution is -2.57. The van der Waals surface area contributed by atoms with Crippen LogP contribution in [0.1, 0.15) is 68.3 Å². The number of nitrogens with two attached hydrogens (primary N) is 3. The number of imidazole rings is 1. The summed E-state index contributed by atoms with van der Waals surface area (Å²) in [4.78, 5) is 135. The van der Waals surface area contributed by atoms with Crippen LogP contribution in [0.2, 0.25) is 0 Å². The molecule has 3 heterocycles. The molecule has 2 aliphatic rings. The third-order valence-corrected chi connectivity index (χ3v) is 13.3. The van der Waals surface area contributed by atoms with E-state index in [0.717, 1.165) is 0 Å². The van der Waals surface area contributed by atoms with Gasteiger partial charge in [-0.25, -0.2) is 9.78 Å². The predicted octanol–water partition coefficient (Wildman–Crippen LogP) is -0.569. The van der Waals surface area contributed by atoms with Crippen molar-refractivity contribution in [3.05, 3.63) is 108 Å². The van der Waals surface area contributed by atoms with Crippen molar-refractivity contribution in [1.29, 1.82) is 0 Å². The lowest BCUT2D eigenvalue weighted by molar-refractivity contribution is -0.145. The van der Waals surface area contributed by atoms with Gasteiger partial charge in [0.05, 0.1) is 25.3 Å². The first-order valence-corrected chi connectivity index (χ1v) is 25.7. The third-order valence-electron chi connectivity index (χ3n) is 13.3. The summed E-state index contributed by atoms with van der Waals surface area (Å²) in [7, 11) is 0. The molecule has 0 unspecified atom stereocenters. The van der Waals surface area contributed by atoms with Crippen LogP contribution in [0.25, 0.3) is 0 Å². The number of aromatic hydroxyl groups is 1. The molecule has 26 heteroatoms. The highest BCUT2D eigenvalue weighted by molar-refractivity contribution is 6.00. The zero-order chi connectivity index (χ0) is 57.3. The molecule has 2 aliphatic heterocycles. The summed E-state index contributed by atoms with van der Waals surface area (Å²) < 4.78 is 0. The average Bonchev–Trinajstić information content (AvgIpc) is 4.13. The van der Waals surface area contributed by atoms with Gasteiger partial charge in [0.25, 0.3) is 0 Å². The van der Waals surface area contributed by atoms with Crippen LogP contribution < -0.4 is 49.1 Å². The molecule has 0 aliphatic carbocycles. The first-order valence-electron chi connectivity index (χ1n) is 25.7. The SMILES string of the molecule is CC(C)[C@H](NC(=O)[C@H](CCCN=C(N)N)NC(=O)[C@@H](N)CC(=O)O)C(=O)Nc1ccc2c(c1)CN(CC(=O)N[C@@H](Cc1cnc[nH]1)C(=O)N1CCC[C@H]1C(=O)N[C@@H](Cc1ccccc1)C(=O)O)C(=O)[C@H](Cc1ccc(O)cc1)N2. The summed E-state index contributed by atoms with van der Waals surface area (Å²) in [6, 6.07) is 11.3. The molecule has 26 nitrogen and oxygen atoms in total. The Labute approximate surface area is 454 Å². The molecule has 0 saturated carbocycles. The molecule has 7 amide bonds. The number of likely N-dealkylation sites (tertiary alicyclic amines) is 1. The van der Waals surface area contributed by atoms with Gasteiger partial charge in [-0.05, 0) is 78.6 Å². The maximum absolute atomic E-state index is 14.6. The number of carboxylic acids is 2. The Morgan fingerprint density at radius 2 is 1.58 bits per heavy atom. The number of H-pyrrole nitrogens is 1. The van der Waals surface area contributed by atoms with Crippen LogP contribution in [0.15, 0.2) is 90.3 Å². The summed E-state index contributed by atoms with van der Waals surface area (Å²) in [5.74, 6) is -8.12. The van der Waals surface area contributed by atoms with Gasteiger partial charge in [0.1, 0.15) is 42.0 Å². The number of anilines is 2. The molecule has 16 N–H and O–H groups in total. The smallest absolute Gasteiger partial charge is 0.326 e. The number of hydrogen-bond acceptors (Lipinski definition) is 14. The average molecular weight is 1090 g/mol. The quantitative estimate of drug-likeness (QED) is 0.0213. The topological polar surface area (TPSA) is 412 Å². The van der Waals surface area contributed by atoms with Crippen molar-refractivity contribution in [2.45, 2.75) is 114 Å². The largest absolute Gasteiger partial charge is 0.508 e. The predicted molar refractivity (Wildman–Crippen MR) is 287 cm³/mol. The van der Waals surface area contributed by atoms with E-state index in [9.17, 15) is 53.4 Å². The Balaban J connectivity index is 1.21. The van der Waals surface area contributed by atoms with Crippen LogP contribution in [0.4, 0.5) is 11.4 Å². The number of carboxylic acid groups (broad SMARTS) is 2. The number of fused-ring (bicyclic) bond motifs is 1. The molecule has 1 fully saturated rings. The summed E-state index contributed by atoms with van der Waals surface area (Å²) in [6.45, 7) is 2.86. The van der Waals surface area contributed by atoms with Crippen molar-refractivity contribution in [2.75, 3.05) is 30.3 Å². The van der Waals surface area contributed by atoms with E-state index in [1.54, 1.807) is 74.5 Å². The van der Waals surface area contributed by atoms with E-state index in [-0.39, 0.29) is 75.6 Å². The van der Waals surface area contributed by atoms with Crippen LogP contribution in [-0.4, -0.2) is 156 Å². The summed E-state index contributed by atoms with van der Waals surface area (Å²) in [5, 5.41) is 45.8. The van der Waals surface area contributed by atoms with Crippen molar-refractivity contribution in [1.82, 2.24) is 41.0 Å². The van der Waals surface area contributed by atoms with Crippen molar-refractivity contribution >= 4 is 70.6 Å². The van der Waals surface area contributed by atoms with Gasteiger partial charge in [-0.3, -0.25) is 43.3 Å². The highest BCUT2D eigenvalue weighted by atomic mass is 16.4. The second kappa shape index (κ2) is 27.8. The highest BCUT2D eigenvalue weighted by Crippen LogP contribution is 2.29. The van der Waals surface area contributed by atoms with Gasteiger partial charge < -0.3 is 79.2 Å². The second-order valence-corrected chi connectivity index (χ2v) is 19.7. The lowest BCUT2D eigenvalue weighted by atomic mass is 10.0. The number of aromatic amines is 1. The minimum atomic E-state index is -1.47. The van der Waals surface area contributed by atoms with Crippen LogP contribution in [0.3, 0.4) is 0 Å². The molecule has 0 bridgehead atoms. The second-order valence-electron chi connectivity index (χ2n) is 19.7. The molecule has 1 saturated heterocycles. The third kappa shape index (κ3) is 17.2. The van der Waals surface area contributed by atoms with Gasteiger partial charge in [-0.15, -0.1) is 0 Å². The van der Waals surface area contributed by atoms with Crippen LogP contribution >= 0.6 is 0 Å². The molecule has 7 atom stereocenters. The zero-order valence-corrected chi connectivity index (χ0v) is 43.7.